The van der Waals surface area contributed by atoms with Gasteiger partial charge in [0, 0.05) is 36.9 Å². The predicted octanol–water partition coefficient (Wildman–Crippen LogP) is 3.85. The van der Waals surface area contributed by atoms with Crippen LogP contribution in [0.25, 0.3) is 0 Å². The molecule has 1 unspecified atom stereocenters. The van der Waals surface area contributed by atoms with Crippen LogP contribution >= 0.6 is 11.6 Å². The normalized spacial score (nSPS) is 16.1. The Kier molecular flexibility index (Phi) is 7.21. The van der Waals surface area contributed by atoms with Gasteiger partial charge in [-0.3, -0.25) is 4.79 Å². The number of anilines is 1. The maximum absolute atomic E-state index is 13.0. The lowest BCUT2D eigenvalue weighted by atomic mass is 10.0. The van der Waals surface area contributed by atoms with E-state index >= 15 is 0 Å². The van der Waals surface area contributed by atoms with Crippen molar-refractivity contribution in [1.82, 2.24) is 10.2 Å². The number of amides is 2. The summed E-state index contributed by atoms with van der Waals surface area (Å²) >= 11 is 6.14. The number of nitrogens with one attached hydrogen (secondary N) is 1. The van der Waals surface area contributed by atoms with Crippen LogP contribution in [-0.4, -0.2) is 54.7 Å². The molecule has 7 heteroatoms. The average Bonchev–Trinajstić information content (AvgIpc) is 2.59. The van der Waals surface area contributed by atoms with Crippen LogP contribution in [0, 0.1) is 12.8 Å². The summed E-state index contributed by atoms with van der Waals surface area (Å²) in [6.45, 7) is 14.0. The smallest absolute Gasteiger partial charge is 0.408 e. The van der Waals surface area contributed by atoms with Gasteiger partial charge in [0.25, 0.3) is 0 Å². The largest absolute Gasteiger partial charge is 0.444 e. The van der Waals surface area contributed by atoms with Crippen molar-refractivity contribution in [2.75, 3.05) is 31.1 Å². The lowest BCUT2D eigenvalue weighted by molar-refractivity contribution is -0.134. The van der Waals surface area contributed by atoms with Crippen LogP contribution < -0.4 is 10.2 Å². The predicted molar refractivity (Wildman–Crippen MR) is 113 cm³/mol. The van der Waals surface area contributed by atoms with E-state index in [0.29, 0.717) is 18.1 Å². The van der Waals surface area contributed by atoms with Gasteiger partial charge in [-0.25, -0.2) is 4.79 Å². The third-order valence-corrected chi connectivity index (χ3v) is 4.94. The van der Waals surface area contributed by atoms with Crippen molar-refractivity contribution in [1.29, 1.82) is 0 Å². The van der Waals surface area contributed by atoms with Crippen molar-refractivity contribution in [2.24, 2.45) is 5.92 Å². The highest BCUT2D eigenvalue weighted by Crippen LogP contribution is 2.25. The molecule has 0 saturated carbocycles. The number of hydrogen-bond acceptors (Lipinski definition) is 4. The van der Waals surface area contributed by atoms with E-state index in [1.807, 2.05) is 36.9 Å². The second-order valence-corrected chi connectivity index (χ2v) is 9.05. The highest BCUT2D eigenvalue weighted by Gasteiger charge is 2.32. The molecule has 0 spiro atoms. The van der Waals surface area contributed by atoms with Gasteiger partial charge in [0.2, 0.25) is 5.91 Å². The van der Waals surface area contributed by atoms with Crippen molar-refractivity contribution in [3.63, 3.8) is 0 Å². The summed E-state index contributed by atoms with van der Waals surface area (Å²) < 4.78 is 5.31. The van der Waals surface area contributed by atoms with E-state index in [1.165, 1.54) is 0 Å². The number of hydrogen-bond donors (Lipinski definition) is 1. The Morgan fingerprint density at radius 1 is 1.14 bits per heavy atom. The molecule has 1 heterocycles. The molecule has 1 aromatic carbocycles. The molecular weight excluding hydrogens is 378 g/mol. The second-order valence-electron chi connectivity index (χ2n) is 8.61. The van der Waals surface area contributed by atoms with Crippen LogP contribution in [0.5, 0.6) is 0 Å². The monoisotopic (exact) mass is 409 g/mol. The molecule has 1 aromatic rings. The van der Waals surface area contributed by atoms with Crippen molar-refractivity contribution in [3.05, 3.63) is 28.8 Å². The minimum atomic E-state index is -0.602. The van der Waals surface area contributed by atoms with Gasteiger partial charge in [0.15, 0.2) is 0 Å². The van der Waals surface area contributed by atoms with Crippen molar-refractivity contribution in [3.8, 4) is 0 Å². The molecule has 0 radical (unpaired) electrons. The van der Waals surface area contributed by atoms with Crippen LogP contribution in [0.2, 0.25) is 5.02 Å². The molecule has 156 valence electrons. The minimum absolute atomic E-state index is 0.0341. The molecule has 2 rings (SSSR count). The fourth-order valence-electron chi connectivity index (χ4n) is 3.24. The van der Waals surface area contributed by atoms with Crippen LogP contribution in [0.1, 0.15) is 40.2 Å². The first-order chi connectivity index (χ1) is 13.0. The number of rotatable bonds is 4. The maximum atomic E-state index is 13.0. The molecule has 1 fully saturated rings. The highest BCUT2D eigenvalue weighted by molar-refractivity contribution is 6.30. The molecule has 1 aliphatic heterocycles. The van der Waals surface area contributed by atoms with Gasteiger partial charge in [-0.05, 0) is 51.3 Å². The first kappa shape index (κ1) is 22.3. The van der Waals surface area contributed by atoms with Crippen LogP contribution in [-0.2, 0) is 9.53 Å². The van der Waals surface area contributed by atoms with Crippen molar-refractivity contribution in [2.45, 2.75) is 53.2 Å². The lowest BCUT2D eigenvalue weighted by Gasteiger charge is -2.39. The fraction of sp³-hybridized carbons (Fsp3) is 0.619. The van der Waals surface area contributed by atoms with Crippen LogP contribution in [0.4, 0.5) is 10.5 Å². The fourth-order valence-corrected chi connectivity index (χ4v) is 3.40. The van der Waals surface area contributed by atoms with E-state index in [2.05, 4.69) is 17.1 Å². The molecule has 0 aliphatic carbocycles. The maximum Gasteiger partial charge on any atom is 0.408 e. The summed E-state index contributed by atoms with van der Waals surface area (Å²) in [4.78, 5) is 29.2. The Hall–Kier alpha value is -1.95. The number of carbonyl (C=O) groups excluding carboxylic acids is 2. The zero-order valence-electron chi connectivity index (χ0n) is 17.7. The summed E-state index contributed by atoms with van der Waals surface area (Å²) in [6.07, 6.45) is -0.562. The van der Waals surface area contributed by atoms with Gasteiger partial charge in [-0.15, -0.1) is 0 Å². The molecular formula is C21H32ClN3O3. The number of aryl methyl sites for hydroxylation is 1. The number of halogens is 1. The molecule has 0 bridgehead atoms. The highest BCUT2D eigenvalue weighted by atomic mass is 35.5. The van der Waals surface area contributed by atoms with E-state index < -0.39 is 17.7 Å². The summed E-state index contributed by atoms with van der Waals surface area (Å²) in [7, 11) is 0. The van der Waals surface area contributed by atoms with E-state index in [9.17, 15) is 9.59 Å². The number of alkyl carbamates (subject to hydrolysis) is 1. The zero-order chi connectivity index (χ0) is 21.1. The van der Waals surface area contributed by atoms with E-state index in [-0.39, 0.29) is 11.8 Å². The quantitative estimate of drug-likeness (QED) is 0.820. The third kappa shape index (κ3) is 6.03. The number of carbonyl (C=O) groups is 2. The summed E-state index contributed by atoms with van der Waals surface area (Å²) in [5.74, 6) is -0.100. The summed E-state index contributed by atoms with van der Waals surface area (Å²) in [5.41, 5.74) is 1.66. The SMILES string of the molecule is Cc1ccc(Cl)cc1N1CCN(C(=O)C(NC(=O)OC(C)(C)C)C(C)C)CC1. The summed E-state index contributed by atoms with van der Waals surface area (Å²) in [6, 6.07) is 5.26. The van der Waals surface area contributed by atoms with E-state index in [0.717, 1.165) is 24.3 Å². The van der Waals surface area contributed by atoms with Crippen LogP contribution in [0.15, 0.2) is 18.2 Å². The Labute approximate surface area is 173 Å². The van der Waals surface area contributed by atoms with Gasteiger partial charge in [-0.1, -0.05) is 31.5 Å². The Morgan fingerprint density at radius 2 is 1.75 bits per heavy atom. The molecule has 6 nitrogen and oxygen atoms in total. The van der Waals surface area contributed by atoms with Gasteiger partial charge >= 0.3 is 6.09 Å². The molecule has 1 aliphatic rings. The minimum Gasteiger partial charge on any atom is -0.444 e. The number of benzene rings is 1. The van der Waals surface area contributed by atoms with Crippen molar-refractivity contribution >= 4 is 29.3 Å². The number of nitrogens with zero attached hydrogens (tertiary/aromatic N) is 2. The number of ether oxygens (including phenoxy) is 1. The van der Waals surface area contributed by atoms with Gasteiger partial charge in [0.05, 0.1) is 0 Å². The Balaban J connectivity index is 2.00. The average molecular weight is 410 g/mol. The Bertz CT molecular complexity index is 707. The standard InChI is InChI=1S/C21H32ClN3O3/c1-14(2)18(23-20(27)28-21(4,5)6)19(26)25-11-9-24(10-12-25)17-13-16(22)8-7-15(17)3/h7-8,13-14,18H,9-12H2,1-6H3,(H,23,27). The van der Waals surface area contributed by atoms with Gasteiger partial charge in [-0.2, -0.15) is 0 Å². The third-order valence-electron chi connectivity index (χ3n) is 4.71. The van der Waals surface area contributed by atoms with Gasteiger partial charge in [0.1, 0.15) is 11.6 Å². The number of piperazine rings is 1. The molecule has 0 aromatic heterocycles. The lowest BCUT2D eigenvalue weighted by Crippen LogP contribution is -2.57. The zero-order valence-corrected chi connectivity index (χ0v) is 18.5. The Morgan fingerprint density at radius 3 is 2.29 bits per heavy atom. The summed E-state index contributed by atoms with van der Waals surface area (Å²) in [5, 5.41) is 3.45. The first-order valence-electron chi connectivity index (χ1n) is 9.77. The molecule has 28 heavy (non-hydrogen) atoms. The molecule has 1 N–H and O–H groups in total. The van der Waals surface area contributed by atoms with Crippen LogP contribution in [0.3, 0.4) is 0 Å². The van der Waals surface area contributed by atoms with E-state index in [4.69, 9.17) is 16.3 Å². The molecule has 1 atom stereocenters. The van der Waals surface area contributed by atoms with Gasteiger partial charge < -0.3 is 19.9 Å². The molecule has 2 amide bonds. The first-order valence-corrected chi connectivity index (χ1v) is 10.1. The van der Waals surface area contributed by atoms with Crippen molar-refractivity contribution < 1.29 is 14.3 Å². The second kappa shape index (κ2) is 9.03. The molecule has 1 saturated heterocycles. The topological polar surface area (TPSA) is 61.9 Å². The van der Waals surface area contributed by atoms with E-state index in [1.54, 1.807) is 20.8 Å².